The van der Waals surface area contributed by atoms with Gasteiger partial charge in [-0.05, 0) is 0 Å². The molecule has 0 saturated carbocycles. The molecule has 0 spiro atoms. The molecule has 1 aliphatic rings. The normalized spacial score (nSPS) is 22.8. The van der Waals surface area contributed by atoms with Crippen LogP contribution in [0.4, 0.5) is 0 Å². The Balaban J connectivity index is 2.02. The van der Waals surface area contributed by atoms with E-state index in [2.05, 4.69) is 10.3 Å². The van der Waals surface area contributed by atoms with Crippen molar-refractivity contribution in [3.63, 3.8) is 0 Å². The number of hydrogen-bond acceptors (Lipinski definition) is 4. The van der Waals surface area contributed by atoms with Gasteiger partial charge in [0.05, 0.1) is 11.6 Å². The number of β-amino-alcohol motifs (C(OH)–C–C–N with tert-alkyl or cyclic N) is 1. The van der Waals surface area contributed by atoms with Crippen LogP contribution in [0.15, 0.2) is 23.4 Å². The van der Waals surface area contributed by atoms with Gasteiger partial charge in [-0.25, -0.2) is 0 Å². The van der Waals surface area contributed by atoms with Crippen molar-refractivity contribution < 1.29 is 5.11 Å². The molecule has 0 radical (unpaired) electrons. The Morgan fingerprint density at radius 2 is 2.62 bits per heavy atom. The van der Waals surface area contributed by atoms with Crippen molar-refractivity contribution in [2.75, 3.05) is 13.1 Å². The lowest BCUT2D eigenvalue weighted by Crippen LogP contribution is -2.32. The van der Waals surface area contributed by atoms with Gasteiger partial charge in [0.2, 0.25) is 0 Å². The molecule has 1 unspecified atom stereocenters. The molecular formula is C9H12N2OS. The van der Waals surface area contributed by atoms with Gasteiger partial charge in [-0.3, -0.25) is 4.98 Å². The average Bonchev–Trinajstić information content (AvgIpc) is 2.57. The molecule has 4 heteroatoms. The predicted octanol–water partition coefficient (Wildman–Crippen LogP) is 0.576. The molecule has 3 nitrogen and oxygen atoms in total. The zero-order chi connectivity index (χ0) is 9.10. The van der Waals surface area contributed by atoms with Gasteiger partial charge >= 0.3 is 0 Å². The Hall–Kier alpha value is -0.710. The topological polar surface area (TPSA) is 45.2 Å². The molecule has 1 atom stereocenters. The molecule has 0 aromatic carbocycles. The highest BCUT2D eigenvalue weighted by atomic mass is 32.1. The fourth-order valence-corrected chi connectivity index (χ4v) is 2.09. The van der Waals surface area contributed by atoms with E-state index in [0.29, 0.717) is 6.54 Å². The van der Waals surface area contributed by atoms with Gasteiger partial charge in [-0.15, -0.1) is 11.3 Å². The molecule has 13 heavy (non-hydrogen) atoms. The van der Waals surface area contributed by atoms with Crippen LogP contribution in [0.2, 0.25) is 0 Å². The third-order valence-electron chi connectivity index (χ3n) is 2.02. The lowest BCUT2D eigenvalue weighted by atomic mass is 10.1. The number of hydrogen-bond donors (Lipinski definition) is 2. The molecule has 0 fully saturated rings. The van der Waals surface area contributed by atoms with Crippen molar-refractivity contribution in [2.45, 2.75) is 12.5 Å². The molecule has 2 rings (SSSR count). The molecule has 0 aliphatic carbocycles. The molecule has 1 aromatic heterocycles. The molecule has 70 valence electrons. The van der Waals surface area contributed by atoms with Crippen LogP contribution in [0.1, 0.15) is 4.88 Å². The van der Waals surface area contributed by atoms with Crippen molar-refractivity contribution in [1.29, 1.82) is 0 Å². The molecule has 1 aliphatic heterocycles. The van der Waals surface area contributed by atoms with Gasteiger partial charge in [0.15, 0.2) is 0 Å². The molecule has 2 N–H and O–H groups in total. The summed E-state index contributed by atoms with van der Waals surface area (Å²) in [7, 11) is 0. The Bertz CT molecular complexity index is 295. The largest absolute Gasteiger partial charge is 0.388 e. The summed E-state index contributed by atoms with van der Waals surface area (Å²) >= 11 is 1.66. The number of nitrogens with zero attached hydrogens (tertiary/aromatic N) is 1. The van der Waals surface area contributed by atoms with Gasteiger partial charge in [0, 0.05) is 30.6 Å². The monoisotopic (exact) mass is 196 g/mol. The first-order valence-corrected chi connectivity index (χ1v) is 5.18. The second-order valence-electron chi connectivity index (χ2n) is 3.17. The van der Waals surface area contributed by atoms with Gasteiger partial charge < -0.3 is 10.4 Å². The summed E-state index contributed by atoms with van der Waals surface area (Å²) in [4.78, 5) is 5.27. The van der Waals surface area contributed by atoms with Gasteiger partial charge in [-0.1, -0.05) is 11.6 Å². The lowest BCUT2D eigenvalue weighted by Gasteiger charge is -2.17. The summed E-state index contributed by atoms with van der Waals surface area (Å²) in [6.45, 7) is 1.56. The minimum Gasteiger partial charge on any atom is -0.388 e. The van der Waals surface area contributed by atoms with Gasteiger partial charge in [0.25, 0.3) is 0 Å². The second kappa shape index (κ2) is 4.00. The number of aromatic nitrogens is 1. The quantitative estimate of drug-likeness (QED) is 0.680. The van der Waals surface area contributed by atoms with Crippen molar-refractivity contribution in [3.8, 4) is 0 Å². The van der Waals surface area contributed by atoms with Crippen molar-refractivity contribution in [3.05, 3.63) is 28.2 Å². The van der Waals surface area contributed by atoms with Crippen molar-refractivity contribution in [2.24, 2.45) is 0 Å². The summed E-state index contributed by atoms with van der Waals surface area (Å²) < 4.78 is 0. The van der Waals surface area contributed by atoms with Crippen LogP contribution in [-0.4, -0.2) is 29.3 Å². The minimum absolute atomic E-state index is 0.323. The number of thiazole rings is 1. The molecule has 0 amide bonds. The summed E-state index contributed by atoms with van der Waals surface area (Å²) in [5.74, 6) is 0. The van der Waals surface area contributed by atoms with E-state index in [1.54, 1.807) is 11.3 Å². The Labute approximate surface area is 81.1 Å². The van der Waals surface area contributed by atoms with Crippen LogP contribution in [0.25, 0.3) is 0 Å². The summed E-state index contributed by atoms with van der Waals surface area (Å²) in [5, 5.41) is 12.5. The highest BCUT2D eigenvalue weighted by molar-refractivity contribution is 7.09. The average molecular weight is 196 g/mol. The first-order valence-electron chi connectivity index (χ1n) is 4.30. The molecular weight excluding hydrogens is 184 g/mol. The highest BCUT2D eigenvalue weighted by Gasteiger charge is 2.10. The predicted molar refractivity (Wildman–Crippen MR) is 52.8 cm³/mol. The van der Waals surface area contributed by atoms with Crippen LogP contribution in [-0.2, 0) is 6.42 Å². The third-order valence-corrected chi connectivity index (χ3v) is 2.80. The van der Waals surface area contributed by atoms with E-state index >= 15 is 0 Å². The maximum Gasteiger partial charge on any atom is 0.0848 e. The summed E-state index contributed by atoms with van der Waals surface area (Å²) in [6, 6.07) is 0. The summed E-state index contributed by atoms with van der Waals surface area (Å²) in [6.07, 6.45) is 4.41. The van der Waals surface area contributed by atoms with E-state index in [1.165, 1.54) is 10.5 Å². The van der Waals surface area contributed by atoms with Crippen molar-refractivity contribution >= 4 is 11.3 Å². The Morgan fingerprint density at radius 3 is 3.31 bits per heavy atom. The van der Waals surface area contributed by atoms with E-state index in [-0.39, 0.29) is 6.10 Å². The number of aliphatic hydroxyl groups is 1. The second-order valence-corrected chi connectivity index (χ2v) is 4.14. The van der Waals surface area contributed by atoms with E-state index in [0.717, 1.165) is 13.0 Å². The first kappa shape index (κ1) is 8.87. The van der Waals surface area contributed by atoms with E-state index in [4.69, 9.17) is 0 Å². The summed E-state index contributed by atoms with van der Waals surface area (Å²) in [5.41, 5.74) is 3.09. The lowest BCUT2D eigenvalue weighted by molar-refractivity contribution is 0.213. The standard InChI is InChI=1S/C9H12N2OS/c12-8-1-7(3-10-4-8)2-9-5-11-6-13-9/h1,5-6,8,10,12H,2-4H2. The molecule has 0 saturated heterocycles. The van der Waals surface area contributed by atoms with Crippen LogP contribution < -0.4 is 5.32 Å². The molecule has 2 heterocycles. The van der Waals surface area contributed by atoms with Gasteiger partial charge in [0.1, 0.15) is 0 Å². The first-order chi connectivity index (χ1) is 6.34. The minimum atomic E-state index is -0.323. The molecule has 0 bridgehead atoms. The van der Waals surface area contributed by atoms with Crippen LogP contribution >= 0.6 is 11.3 Å². The number of aliphatic hydroxyl groups excluding tert-OH is 1. The van der Waals surface area contributed by atoms with Crippen molar-refractivity contribution in [1.82, 2.24) is 10.3 Å². The fraction of sp³-hybridized carbons (Fsp3) is 0.444. The number of nitrogens with one attached hydrogen (secondary N) is 1. The fourth-order valence-electron chi connectivity index (χ4n) is 1.45. The maximum absolute atomic E-state index is 9.36. The SMILES string of the molecule is OC1C=C(Cc2cncs2)CNC1. The maximum atomic E-state index is 9.36. The molecule has 1 aromatic rings. The van der Waals surface area contributed by atoms with E-state index in [1.807, 2.05) is 17.8 Å². The smallest absolute Gasteiger partial charge is 0.0848 e. The Morgan fingerprint density at radius 1 is 1.69 bits per heavy atom. The van der Waals surface area contributed by atoms with E-state index in [9.17, 15) is 5.11 Å². The zero-order valence-electron chi connectivity index (χ0n) is 7.23. The van der Waals surface area contributed by atoms with E-state index < -0.39 is 0 Å². The Kier molecular flexibility index (Phi) is 2.73. The van der Waals surface area contributed by atoms with Crippen LogP contribution in [0.5, 0.6) is 0 Å². The van der Waals surface area contributed by atoms with Gasteiger partial charge in [-0.2, -0.15) is 0 Å². The number of rotatable bonds is 2. The zero-order valence-corrected chi connectivity index (χ0v) is 8.05. The third kappa shape index (κ3) is 2.37. The van der Waals surface area contributed by atoms with Crippen LogP contribution in [0, 0.1) is 0 Å². The van der Waals surface area contributed by atoms with Crippen LogP contribution in [0.3, 0.4) is 0 Å². The highest BCUT2D eigenvalue weighted by Crippen LogP contribution is 2.13.